The Morgan fingerprint density at radius 2 is 2.05 bits per heavy atom. The summed E-state index contributed by atoms with van der Waals surface area (Å²) in [5, 5.41) is 3.58. The normalized spacial score (nSPS) is 12.4. The first-order valence-corrected chi connectivity index (χ1v) is 9.27. The number of hydrogen-bond acceptors (Lipinski definition) is 3. The number of halogens is 2. The van der Waals surface area contributed by atoms with Gasteiger partial charge in [-0.1, -0.05) is 22.9 Å². The minimum atomic E-state index is 0.313. The number of ether oxygens (including phenoxy) is 1. The average molecular weight is 433 g/mol. The van der Waals surface area contributed by atoms with Crippen molar-refractivity contribution in [1.82, 2.24) is 5.32 Å². The first kappa shape index (κ1) is 17.0. The number of hydrogen-bond donors (Lipinski definition) is 1. The molecule has 1 N–H and O–H groups in total. The van der Waals surface area contributed by atoms with Gasteiger partial charge in [0.1, 0.15) is 5.75 Å². The molecule has 0 saturated heterocycles. The first-order chi connectivity index (χ1) is 10.0. The smallest absolute Gasteiger partial charge is 0.119 e. The number of benzene rings is 1. The summed E-state index contributed by atoms with van der Waals surface area (Å²) in [7, 11) is 1.70. The van der Waals surface area contributed by atoms with E-state index in [0.29, 0.717) is 6.04 Å². The number of aryl methyl sites for hydroxylation is 1. The molecule has 1 aromatic carbocycles. The molecule has 0 aliphatic heterocycles. The topological polar surface area (TPSA) is 21.3 Å². The van der Waals surface area contributed by atoms with E-state index in [1.807, 2.05) is 12.1 Å². The molecule has 2 aromatic rings. The predicted octanol–water partition coefficient (Wildman–Crippen LogP) is 5.48. The van der Waals surface area contributed by atoms with Crippen molar-refractivity contribution in [3.8, 4) is 5.75 Å². The molecule has 0 aliphatic carbocycles. The van der Waals surface area contributed by atoms with Gasteiger partial charge < -0.3 is 10.1 Å². The van der Waals surface area contributed by atoms with E-state index in [1.165, 1.54) is 19.8 Å². The molecule has 0 saturated carbocycles. The second-order valence-corrected chi connectivity index (χ2v) is 8.13. The van der Waals surface area contributed by atoms with E-state index < -0.39 is 0 Å². The highest BCUT2D eigenvalue weighted by Crippen LogP contribution is 2.34. The van der Waals surface area contributed by atoms with Crippen molar-refractivity contribution in [2.24, 2.45) is 0 Å². The molecule has 0 amide bonds. The van der Waals surface area contributed by atoms with Gasteiger partial charge in [0, 0.05) is 15.4 Å². The molecular formula is C16H19Br2NOS. The van der Waals surface area contributed by atoms with Gasteiger partial charge in [0.25, 0.3) is 0 Å². The number of likely N-dealkylation sites (N-methyl/N-ethyl adjacent to an activating group) is 1. The van der Waals surface area contributed by atoms with Crippen LogP contribution in [0.5, 0.6) is 5.75 Å². The summed E-state index contributed by atoms with van der Waals surface area (Å²) in [6, 6.07) is 8.70. The summed E-state index contributed by atoms with van der Waals surface area (Å²) < 4.78 is 7.67. The fourth-order valence-electron chi connectivity index (χ4n) is 2.23. The van der Waals surface area contributed by atoms with Gasteiger partial charge in [-0.25, -0.2) is 0 Å². The maximum atomic E-state index is 5.33. The number of nitrogens with one attached hydrogen (secondary N) is 1. The Bertz CT molecular complexity index is 593. The molecule has 0 bridgehead atoms. The average Bonchev–Trinajstić information content (AvgIpc) is 2.80. The third kappa shape index (κ3) is 4.31. The minimum Gasteiger partial charge on any atom is -0.497 e. The van der Waals surface area contributed by atoms with E-state index in [2.05, 4.69) is 63.2 Å². The molecule has 1 aromatic heterocycles. The van der Waals surface area contributed by atoms with Crippen LogP contribution in [0.2, 0.25) is 0 Å². The summed E-state index contributed by atoms with van der Waals surface area (Å²) in [5.41, 5.74) is 2.55. The zero-order chi connectivity index (χ0) is 15.4. The Morgan fingerprint density at radius 3 is 2.62 bits per heavy atom. The van der Waals surface area contributed by atoms with Crippen molar-refractivity contribution >= 4 is 43.2 Å². The van der Waals surface area contributed by atoms with Crippen LogP contribution in [0.1, 0.15) is 29.0 Å². The monoisotopic (exact) mass is 431 g/mol. The fraction of sp³-hybridized carbons (Fsp3) is 0.375. The predicted molar refractivity (Wildman–Crippen MR) is 97.6 cm³/mol. The van der Waals surface area contributed by atoms with Crippen LogP contribution in [0, 0.1) is 6.92 Å². The van der Waals surface area contributed by atoms with Crippen molar-refractivity contribution in [2.45, 2.75) is 26.3 Å². The molecule has 21 heavy (non-hydrogen) atoms. The highest BCUT2D eigenvalue weighted by atomic mass is 79.9. The number of thiophene rings is 1. The van der Waals surface area contributed by atoms with Gasteiger partial charge in [-0.3, -0.25) is 0 Å². The zero-order valence-corrected chi connectivity index (χ0v) is 16.4. The van der Waals surface area contributed by atoms with Crippen LogP contribution in [-0.2, 0) is 6.42 Å². The number of rotatable bonds is 6. The summed E-state index contributed by atoms with van der Waals surface area (Å²) in [5.74, 6) is 0.895. The van der Waals surface area contributed by atoms with Gasteiger partial charge in [0.2, 0.25) is 0 Å². The maximum Gasteiger partial charge on any atom is 0.119 e. The van der Waals surface area contributed by atoms with E-state index in [1.54, 1.807) is 18.4 Å². The second-order valence-electron chi connectivity index (χ2n) is 4.88. The van der Waals surface area contributed by atoms with E-state index in [4.69, 9.17) is 4.74 Å². The van der Waals surface area contributed by atoms with Crippen molar-refractivity contribution < 1.29 is 4.74 Å². The van der Waals surface area contributed by atoms with Crippen LogP contribution in [0.3, 0.4) is 0 Å². The van der Waals surface area contributed by atoms with Crippen LogP contribution in [0.15, 0.2) is 32.5 Å². The number of methoxy groups -OCH3 is 1. The zero-order valence-electron chi connectivity index (χ0n) is 12.4. The summed E-state index contributed by atoms with van der Waals surface area (Å²) >= 11 is 9.07. The Morgan fingerprint density at radius 1 is 1.29 bits per heavy atom. The Kier molecular flexibility index (Phi) is 6.29. The van der Waals surface area contributed by atoms with Crippen molar-refractivity contribution in [2.75, 3.05) is 13.7 Å². The Hall–Kier alpha value is -0.360. The molecule has 1 atom stereocenters. The van der Waals surface area contributed by atoms with E-state index in [-0.39, 0.29) is 0 Å². The lowest BCUT2D eigenvalue weighted by atomic mass is 10.0. The van der Waals surface area contributed by atoms with Crippen molar-refractivity contribution in [3.63, 3.8) is 0 Å². The van der Waals surface area contributed by atoms with Gasteiger partial charge in [-0.05, 0) is 71.2 Å². The molecule has 0 spiro atoms. The molecule has 2 rings (SSSR count). The third-order valence-corrected chi connectivity index (χ3v) is 6.37. The highest BCUT2D eigenvalue weighted by molar-refractivity contribution is 9.11. The molecule has 1 heterocycles. The standard InChI is InChI=1S/C16H19Br2NOS/c1-4-19-14(15-7-10(2)16(18)21-15)9-11-8-12(20-3)5-6-13(11)17/h5-8,14,19H,4,9H2,1-3H3. The molecule has 0 fully saturated rings. The fourth-order valence-corrected chi connectivity index (χ4v) is 4.28. The molecule has 0 radical (unpaired) electrons. The van der Waals surface area contributed by atoms with Gasteiger partial charge in [0.05, 0.1) is 10.9 Å². The van der Waals surface area contributed by atoms with Crippen LogP contribution >= 0.6 is 43.2 Å². The van der Waals surface area contributed by atoms with Gasteiger partial charge >= 0.3 is 0 Å². The van der Waals surface area contributed by atoms with Gasteiger partial charge in [0.15, 0.2) is 0 Å². The second kappa shape index (κ2) is 7.77. The summed E-state index contributed by atoms with van der Waals surface area (Å²) in [4.78, 5) is 1.36. The minimum absolute atomic E-state index is 0.313. The molecular weight excluding hydrogens is 414 g/mol. The van der Waals surface area contributed by atoms with Gasteiger partial charge in [-0.15, -0.1) is 11.3 Å². The third-order valence-electron chi connectivity index (χ3n) is 3.35. The van der Waals surface area contributed by atoms with Gasteiger partial charge in [-0.2, -0.15) is 0 Å². The Labute approximate surface area is 147 Å². The van der Waals surface area contributed by atoms with Crippen LogP contribution in [0.25, 0.3) is 0 Å². The lowest BCUT2D eigenvalue weighted by Crippen LogP contribution is -2.22. The van der Waals surface area contributed by atoms with E-state index >= 15 is 0 Å². The summed E-state index contributed by atoms with van der Waals surface area (Å²) in [6.07, 6.45) is 0.929. The first-order valence-electron chi connectivity index (χ1n) is 6.86. The molecule has 0 aliphatic rings. The molecule has 1 unspecified atom stereocenters. The lowest BCUT2D eigenvalue weighted by molar-refractivity contribution is 0.413. The molecule has 5 heteroatoms. The van der Waals surface area contributed by atoms with Crippen LogP contribution in [0.4, 0.5) is 0 Å². The highest BCUT2D eigenvalue weighted by Gasteiger charge is 2.17. The van der Waals surface area contributed by atoms with Crippen molar-refractivity contribution in [3.05, 3.63) is 48.5 Å². The van der Waals surface area contributed by atoms with Crippen LogP contribution < -0.4 is 10.1 Å². The summed E-state index contributed by atoms with van der Waals surface area (Å²) in [6.45, 7) is 5.22. The van der Waals surface area contributed by atoms with Crippen LogP contribution in [-0.4, -0.2) is 13.7 Å². The quantitative estimate of drug-likeness (QED) is 0.652. The SMILES string of the molecule is CCNC(Cc1cc(OC)ccc1Br)c1cc(C)c(Br)s1. The largest absolute Gasteiger partial charge is 0.497 e. The van der Waals surface area contributed by atoms with Crippen molar-refractivity contribution in [1.29, 1.82) is 0 Å². The van der Waals surface area contributed by atoms with E-state index in [0.717, 1.165) is 23.2 Å². The Balaban J connectivity index is 2.27. The van der Waals surface area contributed by atoms with E-state index in [9.17, 15) is 0 Å². The molecule has 114 valence electrons. The lowest BCUT2D eigenvalue weighted by Gasteiger charge is -2.18. The molecule has 2 nitrogen and oxygen atoms in total. The maximum absolute atomic E-state index is 5.33.